The molecule has 150 valence electrons. The average Bonchev–Trinajstić information content (AvgIpc) is 3.42. The summed E-state index contributed by atoms with van der Waals surface area (Å²) in [4.78, 5) is 31.7. The maximum Gasteiger partial charge on any atom is 0.275 e. The number of nitrogens with one attached hydrogen (secondary N) is 1. The molecule has 1 saturated heterocycles. The first kappa shape index (κ1) is 19.4. The summed E-state index contributed by atoms with van der Waals surface area (Å²) in [6.45, 7) is 3.33. The molecule has 8 heteroatoms. The number of nitrogens with zero attached hydrogens (tertiary/aromatic N) is 2. The molecule has 0 aliphatic carbocycles. The van der Waals surface area contributed by atoms with E-state index >= 15 is 0 Å². The van der Waals surface area contributed by atoms with Gasteiger partial charge in [0, 0.05) is 17.1 Å². The van der Waals surface area contributed by atoms with Crippen molar-refractivity contribution in [2.24, 2.45) is 5.73 Å². The molecular weight excluding hydrogens is 388 g/mol. The Morgan fingerprint density at radius 3 is 2.97 bits per heavy atom. The second-order valence-corrected chi connectivity index (χ2v) is 8.29. The predicted octanol–water partition coefficient (Wildman–Crippen LogP) is 3.41. The first-order valence-electron chi connectivity index (χ1n) is 9.46. The largest absolute Gasteiger partial charge is 0.462 e. The van der Waals surface area contributed by atoms with Gasteiger partial charge in [-0.1, -0.05) is 12.1 Å². The fraction of sp³-hybridized carbons (Fsp3) is 0.286. The van der Waals surface area contributed by atoms with Gasteiger partial charge in [0.2, 0.25) is 5.91 Å². The second kappa shape index (κ2) is 8.18. The maximum absolute atomic E-state index is 12.7. The molecule has 1 fully saturated rings. The standard InChI is InChI=1S/C21H22N4O3S/c1-13-18(24-21(29-13)17-8-4-10-28-17)20(27)23-15-6-2-5-14(11-15)12-25-9-3-7-16(25)19(22)26/h2,4-6,8,10-11,16H,3,7,9,12H2,1H3,(H2,22,26)(H,23,27). The normalized spacial score (nSPS) is 16.8. The fourth-order valence-electron chi connectivity index (χ4n) is 3.62. The molecule has 1 unspecified atom stereocenters. The van der Waals surface area contributed by atoms with E-state index in [1.54, 1.807) is 12.3 Å². The lowest BCUT2D eigenvalue weighted by molar-refractivity contribution is -0.122. The van der Waals surface area contributed by atoms with E-state index in [2.05, 4.69) is 15.2 Å². The topological polar surface area (TPSA) is 101 Å². The average molecular weight is 410 g/mol. The van der Waals surface area contributed by atoms with Crippen molar-refractivity contribution in [2.45, 2.75) is 32.4 Å². The van der Waals surface area contributed by atoms with Crippen molar-refractivity contribution < 1.29 is 14.0 Å². The van der Waals surface area contributed by atoms with Crippen molar-refractivity contribution in [1.82, 2.24) is 9.88 Å². The number of aromatic nitrogens is 1. The first-order valence-corrected chi connectivity index (χ1v) is 10.3. The lowest BCUT2D eigenvalue weighted by Crippen LogP contribution is -2.39. The van der Waals surface area contributed by atoms with Crippen LogP contribution >= 0.6 is 11.3 Å². The molecule has 0 saturated carbocycles. The number of thiazole rings is 1. The van der Waals surface area contributed by atoms with E-state index in [0.717, 1.165) is 29.8 Å². The highest BCUT2D eigenvalue weighted by Crippen LogP contribution is 2.28. The van der Waals surface area contributed by atoms with Gasteiger partial charge in [0.15, 0.2) is 10.8 Å². The van der Waals surface area contributed by atoms with Gasteiger partial charge >= 0.3 is 0 Å². The minimum Gasteiger partial charge on any atom is -0.462 e. The molecule has 7 nitrogen and oxygen atoms in total. The highest BCUT2D eigenvalue weighted by atomic mass is 32.1. The quantitative estimate of drug-likeness (QED) is 0.648. The van der Waals surface area contributed by atoms with Crippen LogP contribution in [0, 0.1) is 6.92 Å². The predicted molar refractivity (Wildman–Crippen MR) is 112 cm³/mol. The molecule has 3 aromatic rings. The third-order valence-electron chi connectivity index (χ3n) is 5.01. The van der Waals surface area contributed by atoms with E-state index in [1.165, 1.54) is 11.3 Å². The molecule has 1 aromatic carbocycles. The van der Waals surface area contributed by atoms with Gasteiger partial charge in [0.1, 0.15) is 5.69 Å². The van der Waals surface area contributed by atoms with Crippen LogP contribution in [0.5, 0.6) is 0 Å². The van der Waals surface area contributed by atoms with Crippen molar-refractivity contribution in [2.75, 3.05) is 11.9 Å². The van der Waals surface area contributed by atoms with Crippen molar-refractivity contribution >= 4 is 28.8 Å². The molecule has 1 atom stereocenters. The summed E-state index contributed by atoms with van der Waals surface area (Å²) in [7, 11) is 0. The number of amides is 2. The van der Waals surface area contributed by atoms with Crippen molar-refractivity contribution in [3.05, 3.63) is 58.8 Å². The van der Waals surface area contributed by atoms with Crippen LogP contribution in [0.3, 0.4) is 0 Å². The smallest absolute Gasteiger partial charge is 0.275 e. The Morgan fingerprint density at radius 1 is 1.34 bits per heavy atom. The highest BCUT2D eigenvalue weighted by Gasteiger charge is 2.28. The van der Waals surface area contributed by atoms with E-state index in [-0.39, 0.29) is 17.9 Å². The highest BCUT2D eigenvalue weighted by molar-refractivity contribution is 7.15. The fourth-order valence-corrected chi connectivity index (χ4v) is 4.50. The molecule has 3 N–H and O–H groups in total. The van der Waals surface area contributed by atoms with E-state index < -0.39 is 0 Å². The molecular formula is C21H22N4O3S. The van der Waals surface area contributed by atoms with Gasteiger partial charge in [-0.25, -0.2) is 4.98 Å². The van der Waals surface area contributed by atoms with Gasteiger partial charge < -0.3 is 15.5 Å². The minimum absolute atomic E-state index is 0.217. The Hall–Kier alpha value is -2.97. The van der Waals surface area contributed by atoms with Crippen LogP contribution in [0.4, 0.5) is 5.69 Å². The van der Waals surface area contributed by atoms with Crippen LogP contribution in [-0.4, -0.2) is 34.3 Å². The molecule has 0 spiro atoms. The summed E-state index contributed by atoms with van der Waals surface area (Å²) in [6, 6.07) is 11.0. The van der Waals surface area contributed by atoms with Crippen molar-refractivity contribution in [3.8, 4) is 10.8 Å². The number of rotatable bonds is 6. The lowest BCUT2D eigenvalue weighted by atomic mass is 10.1. The molecule has 3 heterocycles. The SMILES string of the molecule is Cc1sc(-c2ccco2)nc1C(=O)Nc1cccc(CN2CCCC2C(N)=O)c1. The van der Waals surface area contributed by atoms with E-state index in [1.807, 2.05) is 37.3 Å². The van der Waals surface area contributed by atoms with Crippen molar-refractivity contribution in [1.29, 1.82) is 0 Å². The van der Waals surface area contributed by atoms with E-state index in [0.29, 0.717) is 28.7 Å². The van der Waals surface area contributed by atoms with Crippen LogP contribution in [0.1, 0.15) is 33.8 Å². The molecule has 1 aliphatic heterocycles. The molecule has 29 heavy (non-hydrogen) atoms. The number of hydrogen-bond acceptors (Lipinski definition) is 6. The number of nitrogens with two attached hydrogens (primary N) is 1. The molecule has 0 radical (unpaired) electrons. The summed E-state index contributed by atoms with van der Waals surface area (Å²) in [6.07, 6.45) is 3.35. The number of aryl methyl sites for hydroxylation is 1. The summed E-state index contributed by atoms with van der Waals surface area (Å²) < 4.78 is 5.37. The maximum atomic E-state index is 12.7. The summed E-state index contributed by atoms with van der Waals surface area (Å²) in [5.41, 5.74) is 7.60. The number of carbonyl (C=O) groups excluding carboxylic acids is 2. The lowest BCUT2D eigenvalue weighted by Gasteiger charge is -2.22. The van der Waals surface area contributed by atoms with Crippen LogP contribution in [-0.2, 0) is 11.3 Å². The van der Waals surface area contributed by atoms with E-state index in [4.69, 9.17) is 10.2 Å². The summed E-state index contributed by atoms with van der Waals surface area (Å²) in [5, 5.41) is 3.60. The molecule has 2 aromatic heterocycles. The monoisotopic (exact) mass is 410 g/mol. The summed E-state index contributed by atoms with van der Waals surface area (Å²) in [5.74, 6) is 0.108. The van der Waals surface area contributed by atoms with Gasteiger partial charge in [-0.15, -0.1) is 11.3 Å². The third kappa shape index (κ3) is 4.23. The number of anilines is 1. The van der Waals surface area contributed by atoms with Crippen LogP contribution in [0.2, 0.25) is 0 Å². The Balaban J connectivity index is 1.47. The van der Waals surface area contributed by atoms with Gasteiger partial charge in [-0.2, -0.15) is 0 Å². The Morgan fingerprint density at radius 2 is 2.21 bits per heavy atom. The zero-order chi connectivity index (χ0) is 20.4. The summed E-state index contributed by atoms with van der Waals surface area (Å²) >= 11 is 1.42. The Kier molecular flexibility index (Phi) is 5.46. The van der Waals surface area contributed by atoms with Crippen LogP contribution in [0.25, 0.3) is 10.8 Å². The number of likely N-dealkylation sites (tertiary alicyclic amines) is 1. The molecule has 1 aliphatic rings. The zero-order valence-corrected chi connectivity index (χ0v) is 16.9. The molecule has 0 bridgehead atoms. The number of hydrogen-bond donors (Lipinski definition) is 2. The van der Waals surface area contributed by atoms with Gasteiger partial charge in [0.05, 0.1) is 12.3 Å². The Bertz CT molecular complexity index is 1030. The van der Waals surface area contributed by atoms with Gasteiger partial charge in [0.25, 0.3) is 5.91 Å². The molecule has 2 amide bonds. The second-order valence-electron chi connectivity index (χ2n) is 7.09. The zero-order valence-electron chi connectivity index (χ0n) is 16.1. The van der Waals surface area contributed by atoms with E-state index in [9.17, 15) is 9.59 Å². The van der Waals surface area contributed by atoms with Gasteiger partial charge in [-0.3, -0.25) is 14.5 Å². The number of benzene rings is 1. The molecule has 4 rings (SSSR count). The third-order valence-corrected chi connectivity index (χ3v) is 5.99. The van der Waals surface area contributed by atoms with Crippen molar-refractivity contribution in [3.63, 3.8) is 0 Å². The van der Waals surface area contributed by atoms with Gasteiger partial charge in [-0.05, 0) is 56.1 Å². The first-order chi connectivity index (χ1) is 14.0. The minimum atomic E-state index is -0.279. The Labute approximate surface area is 172 Å². The van der Waals surface area contributed by atoms with Crippen LogP contribution < -0.4 is 11.1 Å². The number of carbonyl (C=O) groups is 2. The van der Waals surface area contributed by atoms with Crippen LogP contribution in [0.15, 0.2) is 47.1 Å². The number of furan rings is 1. The number of primary amides is 1.